The lowest BCUT2D eigenvalue weighted by Gasteiger charge is -2.27. The van der Waals surface area contributed by atoms with Gasteiger partial charge in [-0.25, -0.2) is 0 Å². The van der Waals surface area contributed by atoms with Gasteiger partial charge in [0.1, 0.15) is 11.5 Å². The summed E-state index contributed by atoms with van der Waals surface area (Å²) in [5.74, 6) is 2.34. The third-order valence-corrected chi connectivity index (χ3v) is 5.41. The molecular weight excluding hydrogens is 322 g/mol. The van der Waals surface area contributed by atoms with E-state index in [1.54, 1.807) is 0 Å². The second-order valence-electron chi connectivity index (χ2n) is 7.30. The van der Waals surface area contributed by atoms with Crippen molar-refractivity contribution >= 4 is 0 Å². The van der Waals surface area contributed by atoms with Crippen LogP contribution in [0.5, 0.6) is 11.5 Å². The van der Waals surface area contributed by atoms with E-state index >= 15 is 0 Å². The minimum atomic E-state index is 0.298. The number of benzene rings is 2. The highest BCUT2D eigenvalue weighted by Crippen LogP contribution is 2.32. The van der Waals surface area contributed by atoms with Gasteiger partial charge in [-0.05, 0) is 61.4 Å². The molecule has 1 aliphatic rings. The molecule has 1 saturated carbocycles. The van der Waals surface area contributed by atoms with Gasteiger partial charge in [0, 0.05) is 18.7 Å². The van der Waals surface area contributed by atoms with E-state index in [9.17, 15) is 5.11 Å². The van der Waals surface area contributed by atoms with Gasteiger partial charge in [0.2, 0.25) is 0 Å². The van der Waals surface area contributed by atoms with E-state index in [1.165, 1.54) is 24.8 Å². The Morgan fingerprint density at radius 2 is 1.77 bits per heavy atom. The molecule has 2 N–H and O–H groups in total. The fraction of sp³-hybridized carbons (Fsp3) is 0.478. The maximum Gasteiger partial charge on any atom is 0.127 e. The number of hydrogen-bond donors (Lipinski definition) is 2. The van der Waals surface area contributed by atoms with Crippen LogP contribution >= 0.6 is 0 Å². The number of ether oxygens (including phenoxy) is 1. The van der Waals surface area contributed by atoms with Crippen molar-refractivity contribution in [2.45, 2.75) is 57.5 Å². The zero-order valence-corrected chi connectivity index (χ0v) is 15.7. The number of aliphatic hydroxyl groups is 1. The van der Waals surface area contributed by atoms with Crippen LogP contribution in [-0.2, 0) is 0 Å². The van der Waals surface area contributed by atoms with Crippen LogP contribution < -0.4 is 10.1 Å². The second kappa shape index (κ2) is 9.75. The van der Waals surface area contributed by atoms with Crippen LogP contribution in [0.3, 0.4) is 0 Å². The Bertz CT molecular complexity index is 641. The minimum Gasteiger partial charge on any atom is -0.457 e. The molecule has 0 amide bonds. The molecule has 1 fully saturated rings. The summed E-state index contributed by atoms with van der Waals surface area (Å²) in [6.07, 6.45) is 6.92. The average Bonchev–Trinajstić information content (AvgIpc) is 3.10. The van der Waals surface area contributed by atoms with Crippen molar-refractivity contribution < 1.29 is 9.84 Å². The number of para-hydroxylation sites is 1. The molecule has 3 atom stereocenters. The molecule has 3 nitrogen and oxygen atoms in total. The highest BCUT2D eigenvalue weighted by atomic mass is 16.5. The third-order valence-electron chi connectivity index (χ3n) is 5.41. The van der Waals surface area contributed by atoms with Gasteiger partial charge in [0.15, 0.2) is 0 Å². The Labute approximate surface area is 157 Å². The van der Waals surface area contributed by atoms with E-state index in [2.05, 4.69) is 36.5 Å². The SMILES string of the molecule is CCCC(NC1CCCC1CCO)c1ccc(Oc2ccccc2)cc1. The first-order valence-corrected chi connectivity index (χ1v) is 10.00. The van der Waals surface area contributed by atoms with E-state index < -0.39 is 0 Å². The summed E-state index contributed by atoms with van der Waals surface area (Å²) in [4.78, 5) is 0. The Morgan fingerprint density at radius 3 is 2.46 bits per heavy atom. The topological polar surface area (TPSA) is 41.5 Å². The lowest BCUT2D eigenvalue weighted by atomic mass is 9.96. The molecule has 3 rings (SSSR count). The first-order chi connectivity index (χ1) is 12.8. The Morgan fingerprint density at radius 1 is 1.04 bits per heavy atom. The molecule has 0 heterocycles. The first kappa shape index (κ1) is 18.9. The highest BCUT2D eigenvalue weighted by Gasteiger charge is 2.28. The molecule has 0 bridgehead atoms. The molecule has 0 aliphatic heterocycles. The van der Waals surface area contributed by atoms with Crippen LogP contribution in [0.15, 0.2) is 54.6 Å². The predicted molar refractivity (Wildman–Crippen MR) is 107 cm³/mol. The monoisotopic (exact) mass is 353 g/mol. The standard InChI is InChI=1S/C23H31NO2/c1-2-7-22(24-23-11-6-8-18(23)16-17-25)19-12-14-21(15-13-19)26-20-9-4-3-5-10-20/h3-5,9-10,12-15,18,22-25H,2,6-8,11,16-17H2,1H3. The van der Waals surface area contributed by atoms with Crippen LogP contribution in [0.4, 0.5) is 0 Å². The molecule has 3 unspecified atom stereocenters. The highest BCUT2D eigenvalue weighted by molar-refractivity contribution is 5.34. The summed E-state index contributed by atoms with van der Waals surface area (Å²) in [6.45, 7) is 2.54. The van der Waals surface area contributed by atoms with Gasteiger partial charge in [-0.2, -0.15) is 0 Å². The summed E-state index contributed by atoms with van der Waals surface area (Å²) in [7, 11) is 0. The third kappa shape index (κ3) is 5.09. The Hall–Kier alpha value is -1.84. The number of rotatable bonds is 9. The average molecular weight is 354 g/mol. The maximum atomic E-state index is 9.31. The van der Waals surface area contributed by atoms with E-state index in [0.29, 0.717) is 24.6 Å². The smallest absolute Gasteiger partial charge is 0.127 e. The van der Waals surface area contributed by atoms with Crippen molar-refractivity contribution in [3.63, 3.8) is 0 Å². The van der Waals surface area contributed by atoms with Gasteiger partial charge in [-0.1, -0.05) is 50.1 Å². The molecule has 0 saturated heterocycles. The molecule has 2 aromatic rings. The molecule has 1 aliphatic carbocycles. The van der Waals surface area contributed by atoms with E-state index in [1.807, 2.05) is 30.3 Å². The molecule has 0 spiro atoms. The van der Waals surface area contributed by atoms with Gasteiger partial charge in [0.05, 0.1) is 0 Å². The molecule has 26 heavy (non-hydrogen) atoms. The largest absolute Gasteiger partial charge is 0.457 e. The molecular formula is C23H31NO2. The van der Waals surface area contributed by atoms with Crippen LogP contribution in [0.2, 0.25) is 0 Å². The van der Waals surface area contributed by atoms with E-state index in [0.717, 1.165) is 30.8 Å². The molecule has 140 valence electrons. The van der Waals surface area contributed by atoms with Crippen LogP contribution in [0.25, 0.3) is 0 Å². The fourth-order valence-corrected chi connectivity index (χ4v) is 4.05. The number of nitrogens with one attached hydrogen (secondary N) is 1. The van der Waals surface area contributed by atoms with Gasteiger partial charge in [0.25, 0.3) is 0 Å². The summed E-state index contributed by atoms with van der Waals surface area (Å²) in [6, 6.07) is 19.3. The Balaban J connectivity index is 1.65. The number of hydrogen-bond acceptors (Lipinski definition) is 3. The normalized spacial score (nSPS) is 20.8. The minimum absolute atomic E-state index is 0.298. The van der Waals surface area contributed by atoms with Crippen LogP contribution in [-0.4, -0.2) is 17.8 Å². The summed E-state index contributed by atoms with van der Waals surface area (Å²) in [5.41, 5.74) is 1.32. The quantitative estimate of drug-likeness (QED) is 0.629. The summed E-state index contributed by atoms with van der Waals surface area (Å²) >= 11 is 0. The molecule has 3 heteroatoms. The molecule has 0 aromatic heterocycles. The molecule has 0 radical (unpaired) electrons. The predicted octanol–water partition coefficient (Wildman–Crippen LogP) is 5.46. The van der Waals surface area contributed by atoms with E-state index in [4.69, 9.17) is 4.74 Å². The van der Waals surface area contributed by atoms with Crippen LogP contribution in [0.1, 0.15) is 57.1 Å². The molecule has 2 aromatic carbocycles. The fourth-order valence-electron chi connectivity index (χ4n) is 4.05. The van der Waals surface area contributed by atoms with Crippen molar-refractivity contribution in [3.05, 3.63) is 60.2 Å². The van der Waals surface area contributed by atoms with Crippen LogP contribution in [0, 0.1) is 5.92 Å². The van der Waals surface area contributed by atoms with Crippen molar-refractivity contribution in [1.82, 2.24) is 5.32 Å². The lowest BCUT2D eigenvalue weighted by Crippen LogP contribution is -2.36. The first-order valence-electron chi connectivity index (χ1n) is 10.00. The van der Waals surface area contributed by atoms with E-state index in [-0.39, 0.29) is 0 Å². The van der Waals surface area contributed by atoms with Crippen molar-refractivity contribution in [1.29, 1.82) is 0 Å². The second-order valence-corrected chi connectivity index (χ2v) is 7.30. The summed E-state index contributed by atoms with van der Waals surface area (Å²) in [5, 5.41) is 13.2. The van der Waals surface area contributed by atoms with Gasteiger partial charge in [-0.3, -0.25) is 0 Å². The summed E-state index contributed by atoms with van der Waals surface area (Å²) < 4.78 is 5.91. The van der Waals surface area contributed by atoms with Crippen molar-refractivity contribution in [3.8, 4) is 11.5 Å². The Kier molecular flexibility index (Phi) is 7.10. The zero-order valence-electron chi connectivity index (χ0n) is 15.7. The van der Waals surface area contributed by atoms with Gasteiger partial charge >= 0.3 is 0 Å². The number of aliphatic hydroxyl groups excluding tert-OH is 1. The van der Waals surface area contributed by atoms with Gasteiger partial charge in [-0.15, -0.1) is 0 Å². The van der Waals surface area contributed by atoms with Gasteiger partial charge < -0.3 is 15.2 Å². The lowest BCUT2D eigenvalue weighted by molar-refractivity contribution is 0.235. The van der Waals surface area contributed by atoms with Crippen molar-refractivity contribution in [2.24, 2.45) is 5.92 Å². The van der Waals surface area contributed by atoms with Crippen molar-refractivity contribution in [2.75, 3.05) is 6.61 Å². The zero-order chi connectivity index (χ0) is 18.2. The maximum absolute atomic E-state index is 9.31.